The van der Waals surface area contributed by atoms with Gasteiger partial charge < -0.3 is 117 Å². The van der Waals surface area contributed by atoms with Crippen LogP contribution in [0.3, 0.4) is 0 Å². The average molecular weight is 824 g/mol. The molecular weight excluding hydrogens is 780 g/mol. The third-order valence-electron chi connectivity index (χ3n) is 5.60. The summed E-state index contributed by atoms with van der Waals surface area (Å²) in [6.45, 7) is 4.12. The van der Waals surface area contributed by atoms with Gasteiger partial charge >= 0.3 is 17.1 Å². The van der Waals surface area contributed by atoms with E-state index in [1.54, 1.807) is 0 Å². The van der Waals surface area contributed by atoms with Gasteiger partial charge in [-0.1, -0.05) is 0 Å². The van der Waals surface area contributed by atoms with Crippen molar-refractivity contribution in [1.29, 1.82) is 0 Å². The molecule has 0 aliphatic carbocycles. The Bertz CT molecular complexity index is 1100. The van der Waals surface area contributed by atoms with Crippen molar-refractivity contribution in [3.8, 4) is 0 Å². The summed E-state index contributed by atoms with van der Waals surface area (Å²) >= 11 is 0. The molecule has 46 heavy (non-hydrogen) atoms. The van der Waals surface area contributed by atoms with Crippen LogP contribution in [-0.2, 0) is 46.4 Å². The number of aromatic nitrogens is 4. The van der Waals surface area contributed by atoms with Gasteiger partial charge in [0.2, 0.25) is 22.8 Å². The number of nitrogens with zero attached hydrogens (tertiary/aromatic N) is 2. The Morgan fingerprint density at radius 3 is 0.804 bits per heavy atom. The summed E-state index contributed by atoms with van der Waals surface area (Å²) in [7, 11) is -23.3. The van der Waals surface area contributed by atoms with Gasteiger partial charge in [0, 0.05) is 0 Å². The van der Waals surface area contributed by atoms with Crippen LogP contribution in [0.4, 0.5) is 0 Å². The third kappa shape index (κ3) is 12.2. The zero-order valence-electron chi connectivity index (χ0n) is 23.9. The zero-order chi connectivity index (χ0) is 28.8. The van der Waals surface area contributed by atoms with Crippen LogP contribution in [0.1, 0.15) is 27.7 Å². The predicted octanol–water partition coefficient (Wildman–Crippen LogP) is -11.9. The first kappa shape index (κ1) is 71.2. The summed E-state index contributed by atoms with van der Waals surface area (Å²) in [4.78, 5) is 85.9. The van der Waals surface area contributed by atoms with Gasteiger partial charge in [0.15, 0.2) is 41.5 Å². The van der Waals surface area contributed by atoms with Crippen molar-refractivity contribution < 1.29 is 143 Å². The van der Waals surface area contributed by atoms with Gasteiger partial charge in [-0.3, -0.25) is 9.97 Å². The van der Waals surface area contributed by atoms with E-state index in [4.69, 9.17) is 19.6 Å². The molecule has 0 bridgehead atoms. The Morgan fingerprint density at radius 1 is 0.522 bits per heavy atom. The normalized spacial score (nSPS) is 17.9. The smallest absolute Gasteiger partial charge is 0.776 e. The maximum Gasteiger partial charge on any atom is 2.00 e. The Hall–Kier alpha value is -0.901. The largest absolute Gasteiger partial charge is 2.00 e. The van der Waals surface area contributed by atoms with Gasteiger partial charge in [0.25, 0.3) is 0 Å². The van der Waals surface area contributed by atoms with Crippen LogP contribution >= 0.6 is 30.4 Å². The molecule has 0 aliphatic heterocycles. The predicted molar refractivity (Wildman–Crippen MR) is 142 cm³/mol. The second kappa shape index (κ2) is 21.9. The summed E-state index contributed by atoms with van der Waals surface area (Å²) in [6, 6.07) is 0. The van der Waals surface area contributed by atoms with Crippen molar-refractivity contribution in [2.24, 2.45) is 0 Å². The molecule has 0 aliphatic rings. The molecule has 0 saturated heterocycles. The van der Waals surface area contributed by atoms with Gasteiger partial charge in [-0.05, 0) is 27.7 Å². The zero-order valence-corrected chi connectivity index (χ0v) is 28.4. The van der Waals surface area contributed by atoms with Crippen molar-refractivity contribution in [2.45, 2.75) is 48.9 Å². The van der Waals surface area contributed by atoms with Crippen molar-refractivity contribution in [3.63, 3.8) is 0 Å². The van der Waals surface area contributed by atoms with Crippen LogP contribution in [0, 0.1) is 0 Å². The number of nitrogens with one attached hydrogen (secondary N) is 2. The minimum absolute atomic E-state index is 0. The van der Waals surface area contributed by atoms with Crippen LogP contribution in [-0.4, -0.2) is 99.2 Å². The molecule has 26 N–H and O–H groups in total. The van der Waals surface area contributed by atoms with Gasteiger partial charge in [-0.15, -0.1) is 0 Å². The molecule has 0 spiro atoms. The Labute approximate surface area is 269 Å². The standard InChI is InChI=1S/2C7H14N2O7P2.Cu.9H2O/c2*1-6(2,9-4-3-8-5-9)7(10,17(11,12)13)18(14,15)16;;;;;;;;;;/h2*3-5,10H,1-2H3,(H4,11,12,13,14,15,16);;9*1H2/q;;+2;;;;;;;;;/p-2. The molecule has 2 heterocycles. The topological polar surface area (TPSA) is 605 Å². The maximum absolute atomic E-state index is 11.2. The van der Waals surface area contributed by atoms with E-state index in [1.807, 2.05) is 0 Å². The molecule has 0 amide bonds. The molecule has 2 aromatic rings. The minimum Gasteiger partial charge on any atom is -0.776 e. The molecule has 27 nitrogen and oxygen atoms in total. The molecular formula is C14H44CuN4O23P4. The number of hydrogen-bond acceptors (Lipinski definition) is 10. The Balaban J connectivity index is -0.0000000579. The first-order valence-electron chi connectivity index (χ1n) is 9.40. The summed E-state index contributed by atoms with van der Waals surface area (Å²) < 4.78 is 46.9. The fourth-order valence-corrected chi connectivity index (χ4v) is 9.11. The van der Waals surface area contributed by atoms with E-state index in [2.05, 4.69) is 9.97 Å². The molecule has 289 valence electrons. The Kier molecular flexibility index (Phi) is 34.0. The van der Waals surface area contributed by atoms with Crippen molar-refractivity contribution in [2.75, 3.05) is 0 Å². The summed E-state index contributed by atoms with van der Waals surface area (Å²) in [5.74, 6) is 0. The van der Waals surface area contributed by atoms with E-state index >= 15 is 0 Å². The average Bonchev–Trinajstić information content (AvgIpc) is 3.37. The van der Waals surface area contributed by atoms with Crippen molar-refractivity contribution in [3.05, 3.63) is 37.4 Å². The molecule has 4 unspecified atom stereocenters. The first-order valence-corrected chi connectivity index (χ1v) is 15.7. The second-order valence-electron chi connectivity index (χ2n) is 8.51. The second-order valence-corrected chi connectivity index (χ2v) is 16.0. The monoisotopic (exact) mass is 823 g/mol. The van der Waals surface area contributed by atoms with Crippen LogP contribution in [0.15, 0.2) is 37.4 Å². The van der Waals surface area contributed by atoms with Gasteiger partial charge in [-0.25, -0.2) is 9.13 Å². The molecule has 0 fully saturated rings. The number of aliphatic hydroxyl groups is 2. The van der Waals surface area contributed by atoms with Crippen LogP contribution in [0.5, 0.6) is 0 Å². The Morgan fingerprint density at radius 2 is 0.696 bits per heavy atom. The molecule has 0 saturated carbocycles. The number of imidazole rings is 2. The molecule has 2 aromatic heterocycles. The summed E-state index contributed by atoms with van der Waals surface area (Å²) in [5.41, 5.74) is -4.13. The van der Waals surface area contributed by atoms with E-state index in [9.17, 15) is 48.0 Å². The molecule has 2 rings (SSSR count). The quantitative estimate of drug-likeness (QED) is 0.0697. The number of hydrogen-bond donors (Lipinski definition) is 8. The number of H-pyrrole nitrogens is 2. The first-order chi connectivity index (χ1) is 15.7. The van der Waals surface area contributed by atoms with E-state index < -0.39 is 51.6 Å². The summed E-state index contributed by atoms with van der Waals surface area (Å²) in [5, 5.41) is 12.3. The molecule has 1 radical (unpaired) electrons. The fraction of sp³-hybridized carbons (Fsp3) is 0.571. The number of rotatable bonds is 8. The van der Waals surface area contributed by atoms with E-state index in [-0.39, 0.29) is 66.4 Å². The molecule has 0 aromatic carbocycles. The fourth-order valence-electron chi connectivity index (χ4n) is 3.32. The van der Waals surface area contributed by atoms with Gasteiger partial charge in [0.05, 0.1) is 0 Å². The van der Waals surface area contributed by atoms with E-state index in [0.717, 1.165) is 49.5 Å². The van der Waals surface area contributed by atoms with Gasteiger partial charge in [0.1, 0.15) is 24.8 Å². The van der Waals surface area contributed by atoms with Crippen molar-refractivity contribution >= 4 is 30.4 Å². The summed E-state index contributed by atoms with van der Waals surface area (Å²) in [6.07, 6.45) is 7.46. The van der Waals surface area contributed by atoms with Crippen LogP contribution in [0.25, 0.3) is 0 Å². The molecule has 4 atom stereocenters. The number of aromatic amines is 2. The van der Waals surface area contributed by atoms with Crippen molar-refractivity contribution in [1.82, 2.24) is 9.97 Å². The minimum atomic E-state index is -5.83. The third-order valence-corrected chi connectivity index (χ3v) is 14.0. The van der Waals surface area contributed by atoms with E-state index in [0.29, 0.717) is 0 Å². The van der Waals surface area contributed by atoms with E-state index in [1.165, 1.54) is 24.8 Å². The maximum atomic E-state index is 11.2. The van der Waals surface area contributed by atoms with Crippen LogP contribution in [0.2, 0.25) is 0 Å². The van der Waals surface area contributed by atoms with Gasteiger partial charge in [-0.2, -0.15) is 0 Å². The molecule has 32 heteroatoms. The SMILES string of the molecule is CC(C)([n+]1cc[nH]c1)C(O)(P(=O)([O-])O)P(=O)([O-])O.CC(C)([n+]1cc[nH]c1)C(O)(P(=O)([O-])O)P(=O)([O-])O.O.O.O.O.O.O.O.O.O.[Cu+2]. The van der Waals surface area contributed by atoms with Crippen LogP contribution < -0.4 is 28.7 Å².